The van der Waals surface area contributed by atoms with Crippen LogP contribution in [0.4, 0.5) is 0 Å². The second-order valence-corrected chi connectivity index (χ2v) is 11.6. The van der Waals surface area contributed by atoms with Crippen molar-refractivity contribution in [2.24, 2.45) is 0 Å². The van der Waals surface area contributed by atoms with E-state index in [-0.39, 0.29) is 0 Å². The van der Waals surface area contributed by atoms with E-state index in [0.717, 1.165) is 12.8 Å². The molecule has 0 amide bonds. The molecule has 0 spiro atoms. The lowest BCUT2D eigenvalue weighted by Crippen LogP contribution is -1.95. The molecule has 0 saturated carbocycles. The predicted molar refractivity (Wildman–Crippen MR) is 178 cm³/mol. The van der Waals surface area contributed by atoms with Gasteiger partial charge >= 0.3 is 0 Å². The standard InChI is InChI=1S/C40H42/c1-3-5-7-9-19-38-35-18-14-13-17-31(35)26-34-27-32(21-24-37(34)38)36-23-22-33-25-29-15-11-12-16-30(29)28-40(33)39(36)20-10-8-6-4-2/h11-18,21-28H,3-10,19-20H2,1-2H3. The zero-order valence-corrected chi connectivity index (χ0v) is 24.3. The van der Waals surface area contributed by atoms with Crippen LogP contribution in [0, 0.1) is 0 Å². The van der Waals surface area contributed by atoms with Crippen molar-refractivity contribution in [3.63, 3.8) is 0 Å². The molecule has 0 aliphatic heterocycles. The number of fused-ring (bicyclic) bond motifs is 4. The molecule has 0 bridgehead atoms. The molecule has 0 aliphatic carbocycles. The Morgan fingerprint density at radius 2 is 1.00 bits per heavy atom. The molecule has 0 radical (unpaired) electrons. The van der Waals surface area contributed by atoms with Crippen molar-refractivity contribution in [3.05, 3.63) is 108 Å². The second-order valence-electron chi connectivity index (χ2n) is 11.6. The third-order valence-electron chi connectivity index (χ3n) is 8.84. The Labute approximate surface area is 240 Å². The smallest absolute Gasteiger partial charge is 0.0139 e. The highest BCUT2D eigenvalue weighted by Gasteiger charge is 2.14. The summed E-state index contributed by atoms with van der Waals surface area (Å²) >= 11 is 0. The van der Waals surface area contributed by atoms with Crippen LogP contribution < -0.4 is 0 Å². The van der Waals surface area contributed by atoms with Crippen molar-refractivity contribution in [1.82, 2.24) is 0 Å². The highest BCUT2D eigenvalue weighted by Crippen LogP contribution is 2.37. The summed E-state index contributed by atoms with van der Waals surface area (Å²) in [4.78, 5) is 0. The SMILES string of the molecule is CCCCCCc1c(-c2ccc3c(CCCCCC)c4ccccc4cc3c2)ccc2cc3ccccc3cc12. The molecular weight excluding hydrogens is 480 g/mol. The summed E-state index contributed by atoms with van der Waals surface area (Å²) in [6.45, 7) is 4.59. The molecule has 40 heavy (non-hydrogen) atoms. The maximum Gasteiger partial charge on any atom is -0.0139 e. The summed E-state index contributed by atoms with van der Waals surface area (Å²) in [5, 5.41) is 11.0. The van der Waals surface area contributed by atoms with Crippen LogP contribution in [0.25, 0.3) is 54.2 Å². The molecule has 0 unspecified atom stereocenters. The zero-order chi connectivity index (χ0) is 27.3. The molecule has 6 rings (SSSR count). The molecule has 0 aromatic heterocycles. The third-order valence-corrected chi connectivity index (χ3v) is 8.84. The molecule has 0 heteroatoms. The average molecular weight is 523 g/mol. The minimum atomic E-state index is 1.13. The van der Waals surface area contributed by atoms with Gasteiger partial charge in [-0.3, -0.25) is 0 Å². The van der Waals surface area contributed by atoms with Crippen molar-refractivity contribution in [1.29, 1.82) is 0 Å². The van der Waals surface area contributed by atoms with Gasteiger partial charge in [-0.1, -0.05) is 125 Å². The summed E-state index contributed by atoms with van der Waals surface area (Å²) in [6, 6.07) is 37.0. The Balaban J connectivity index is 1.49. The molecule has 0 atom stereocenters. The van der Waals surface area contributed by atoms with Crippen LogP contribution >= 0.6 is 0 Å². The zero-order valence-electron chi connectivity index (χ0n) is 24.3. The van der Waals surface area contributed by atoms with E-state index in [1.807, 2.05) is 0 Å². The fourth-order valence-electron chi connectivity index (χ4n) is 6.68. The Morgan fingerprint density at radius 3 is 1.75 bits per heavy atom. The van der Waals surface area contributed by atoms with Crippen molar-refractivity contribution in [2.45, 2.75) is 78.1 Å². The van der Waals surface area contributed by atoms with Crippen LogP contribution in [0.5, 0.6) is 0 Å². The van der Waals surface area contributed by atoms with Crippen LogP contribution in [0.3, 0.4) is 0 Å². The normalized spacial score (nSPS) is 11.8. The molecular formula is C40H42. The lowest BCUT2D eigenvalue weighted by molar-refractivity contribution is 0.668. The average Bonchev–Trinajstić information content (AvgIpc) is 2.99. The van der Waals surface area contributed by atoms with Crippen LogP contribution in [-0.4, -0.2) is 0 Å². The number of rotatable bonds is 11. The first kappa shape index (κ1) is 26.6. The predicted octanol–water partition coefficient (Wildman–Crippen LogP) is 12.2. The van der Waals surface area contributed by atoms with E-state index in [9.17, 15) is 0 Å². The summed E-state index contributed by atoms with van der Waals surface area (Å²) < 4.78 is 0. The van der Waals surface area contributed by atoms with Gasteiger partial charge in [0, 0.05) is 0 Å². The van der Waals surface area contributed by atoms with Gasteiger partial charge < -0.3 is 0 Å². The molecule has 0 heterocycles. The maximum atomic E-state index is 2.47. The Bertz CT molecular complexity index is 1770. The number of benzene rings is 6. The van der Waals surface area contributed by atoms with Gasteiger partial charge in [0.1, 0.15) is 0 Å². The lowest BCUT2D eigenvalue weighted by atomic mass is 9.87. The fraction of sp³-hybridized carbons (Fsp3) is 0.300. The molecule has 0 aliphatic rings. The van der Waals surface area contributed by atoms with Crippen LogP contribution in [0.1, 0.15) is 76.3 Å². The minimum Gasteiger partial charge on any atom is -0.0654 e. The first-order valence-electron chi connectivity index (χ1n) is 15.7. The van der Waals surface area contributed by atoms with Gasteiger partial charge in [-0.05, 0) is 115 Å². The van der Waals surface area contributed by atoms with E-state index in [4.69, 9.17) is 0 Å². The minimum absolute atomic E-state index is 1.13. The molecule has 0 N–H and O–H groups in total. The number of aryl methyl sites for hydroxylation is 2. The van der Waals surface area contributed by atoms with Crippen LogP contribution in [0.15, 0.2) is 97.1 Å². The van der Waals surface area contributed by atoms with Crippen molar-refractivity contribution in [2.75, 3.05) is 0 Å². The van der Waals surface area contributed by atoms with E-state index >= 15 is 0 Å². The van der Waals surface area contributed by atoms with Crippen molar-refractivity contribution < 1.29 is 0 Å². The van der Waals surface area contributed by atoms with E-state index in [1.54, 1.807) is 0 Å². The van der Waals surface area contributed by atoms with Gasteiger partial charge in [0.25, 0.3) is 0 Å². The van der Waals surface area contributed by atoms with E-state index < -0.39 is 0 Å². The molecule has 0 saturated heterocycles. The number of hydrogen-bond donors (Lipinski definition) is 0. The molecule has 0 fully saturated rings. The largest absolute Gasteiger partial charge is 0.0654 e. The Hall–Kier alpha value is -3.64. The quantitative estimate of drug-likeness (QED) is 0.117. The Kier molecular flexibility index (Phi) is 8.14. The maximum absolute atomic E-state index is 2.47. The van der Waals surface area contributed by atoms with Gasteiger partial charge in [0.05, 0.1) is 0 Å². The van der Waals surface area contributed by atoms with Gasteiger partial charge in [0.2, 0.25) is 0 Å². The second kappa shape index (κ2) is 12.3. The first-order chi connectivity index (χ1) is 19.8. The van der Waals surface area contributed by atoms with Gasteiger partial charge in [-0.25, -0.2) is 0 Å². The van der Waals surface area contributed by atoms with Gasteiger partial charge in [-0.2, -0.15) is 0 Å². The van der Waals surface area contributed by atoms with E-state index in [0.29, 0.717) is 0 Å². The number of unbranched alkanes of at least 4 members (excludes halogenated alkanes) is 6. The van der Waals surface area contributed by atoms with Crippen molar-refractivity contribution in [3.8, 4) is 11.1 Å². The highest BCUT2D eigenvalue weighted by atomic mass is 14.2. The first-order valence-corrected chi connectivity index (χ1v) is 15.7. The highest BCUT2D eigenvalue weighted by molar-refractivity contribution is 6.05. The third kappa shape index (κ3) is 5.37. The Morgan fingerprint density at radius 1 is 0.400 bits per heavy atom. The van der Waals surface area contributed by atoms with Crippen LogP contribution in [-0.2, 0) is 12.8 Å². The summed E-state index contributed by atoms with van der Waals surface area (Å²) in [5.41, 5.74) is 5.79. The topological polar surface area (TPSA) is 0 Å². The summed E-state index contributed by atoms with van der Waals surface area (Å²) in [6.07, 6.45) is 12.6. The van der Waals surface area contributed by atoms with E-state index in [1.165, 1.54) is 117 Å². The lowest BCUT2D eigenvalue weighted by Gasteiger charge is -2.17. The molecule has 6 aromatic carbocycles. The van der Waals surface area contributed by atoms with Gasteiger partial charge in [-0.15, -0.1) is 0 Å². The molecule has 202 valence electrons. The summed E-state index contributed by atoms with van der Waals surface area (Å²) in [5.74, 6) is 0. The van der Waals surface area contributed by atoms with E-state index in [2.05, 4.69) is 111 Å². The van der Waals surface area contributed by atoms with Gasteiger partial charge in [0.15, 0.2) is 0 Å². The molecule has 6 aromatic rings. The monoisotopic (exact) mass is 522 g/mol. The number of hydrogen-bond acceptors (Lipinski definition) is 0. The molecule has 0 nitrogen and oxygen atoms in total. The summed E-state index contributed by atoms with van der Waals surface area (Å²) in [7, 11) is 0. The van der Waals surface area contributed by atoms with Crippen LogP contribution in [0.2, 0.25) is 0 Å². The van der Waals surface area contributed by atoms with Crippen molar-refractivity contribution >= 4 is 43.1 Å². The fourth-order valence-corrected chi connectivity index (χ4v) is 6.68.